The number of amides is 1. The molecule has 0 spiro atoms. The minimum atomic E-state index is -0.474. The number of rotatable bonds is 7. The summed E-state index contributed by atoms with van der Waals surface area (Å²) in [7, 11) is 3.63. The molecule has 7 nitrogen and oxygen atoms in total. The molecule has 1 aromatic carbocycles. The maximum absolute atomic E-state index is 11.9. The highest BCUT2D eigenvalue weighted by Gasteiger charge is 2.21. The van der Waals surface area contributed by atoms with Crippen molar-refractivity contribution in [3.05, 3.63) is 18.2 Å². The van der Waals surface area contributed by atoms with Crippen LogP contribution in [0.2, 0.25) is 0 Å². The van der Waals surface area contributed by atoms with Crippen LogP contribution in [0.15, 0.2) is 18.2 Å². The van der Waals surface area contributed by atoms with Crippen LogP contribution < -0.4 is 16.0 Å². The van der Waals surface area contributed by atoms with Crippen molar-refractivity contribution in [3.63, 3.8) is 0 Å². The molecular formula is C21H36N4O3. The number of piperidine rings is 1. The number of hydrogen-bond acceptors (Lipinski definition) is 6. The molecule has 0 radical (unpaired) electrons. The zero-order chi connectivity index (χ0) is 20.7. The summed E-state index contributed by atoms with van der Waals surface area (Å²) >= 11 is 0. The molecule has 1 heterocycles. The number of hydrogen-bond donors (Lipinski definition) is 2. The highest BCUT2D eigenvalue weighted by atomic mass is 16.6. The minimum absolute atomic E-state index is 0.311. The van der Waals surface area contributed by atoms with Crippen LogP contribution >= 0.6 is 0 Å². The summed E-state index contributed by atoms with van der Waals surface area (Å²) in [5.74, 6) is 0.556. The molecule has 0 bridgehead atoms. The monoisotopic (exact) mass is 392 g/mol. The number of carbonyl (C=O) groups excluding carboxylic acids is 1. The SMILES string of the molecule is CNc1cc(N2CCC(COCCN(C)C(=O)OC(C)(C)C)CC2)ccc1N. The Kier molecular flexibility index (Phi) is 7.80. The molecule has 28 heavy (non-hydrogen) atoms. The van der Waals surface area contributed by atoms with E-state index in [0.29, 0.717) is 19.1 Å². The molecule has 0 aromatic heterocycles. The summed E-state index contributed by atoms with van der Waals surface area (Å²) in [4.78, 5) is 15.9. The summed E-state index contributed by atoms with van der Waals surface area (Å²) in [5.41, 5.74) is 8.43. The largest absolute Gasteiger partial charge is 0.444 e. The first-order chi connectivity index (χ1) is 13.2. The van der Waals surface area contributed by atoms with Gasteiger partial charge < -0.3 is 30.3 Å². The molecule has 0 unspecified atom stereocenters. The van der Waals surface area contributed by atoms with Crippen molar-refractivity contribution in [2.75, 3.05) is 62.9 Å². The van der Waals surface area contributed by atoms with Gasteiger partial charge in [-0.05, 0) is 57.7 Å². The smallest absolute Gasteiger partial charge is 0.410 e. The fraction of sp³-hybridized carbons (Fsp3) is 0.667. The Morgan fingerprint density at radius 1 is 1.32 bits per heavy atom. The van der Waals surface area contributed by atoms with Gasteiger partial charge in [-0.2, -0.15) is 0 Å². The zero-order valence-corrected chi connectivity index (χ0v) is 18.0. The molecule has 1 aromatic rings. The van der Waals surface area contributed by atoms with Gasteiger partial charge in [0.2, 0.25) is 0 Å². The van der Waals surface area contributed by atoms with Crippen molar-refractivity contribution in [3.8, 4) is 0 Å². The second-order valence-corrected chi connectivity index (χ2v) is 8.43. The van der Waals surface area contributed by atoms with E-state index in [9.17, 15) is 4.79 Å². The highest BCUT2D eigenvalue weighted by Crippen LogP contribution is 2.28. The van der Waals surface area contributed by atoms with Gasteiger partial charge >= 0.3 is 6.09 Å². The number of ether oxygens (including phenoxy) is 2. The predicted molar refractivity (Wildman–Crippen MR) is 115 cm³/mol. The quantitative estimate of drug-likeness (QED) is 0.547. The summed E-state index contributed by atoms with van der Waals surface area (Å²) in [6.45, 7) is 9.42. The zero-order valence-electron chi connectivity index (χ0n) is 18.0. The molecule has 1 fully saturated rings. The lowest BCUT2D eigenvalue weighted by Gasteiger charge is -2.34. The van der Waals surface area contributed by atoms with Gasteiger partial charge in [0.1, 0.15) is 5.60 Å². The Bertz CT molecular complexity index is 637. The van der Waals surface area contributed by atoms with Crippen molar-refractivity contribution in [2.45, 2.75) is 39.2 Å². The van der Waals surface area contributed by atoms with Gasteiger partial charge in [-0.25, -0.2) is 4.79 Å². The average Bonchev–Trinajstić information content (AvgIpc) is 2.64. The van der Waals surface area contributed by atoms with Gasteiger partial charge in [-0.1, -0.05) is 0 Å². The van der Waals surface area contributed by atoms with Crippen molar-refractivity contribution < 1.29 is 14.3 Å². The second kappa shape index (κ2) is 9.87. The molecule has 3 N–H and O–H groups in total. The van der Waals surface area contributed by atoms with Crippen molar-refractivity contribution in [2.24, 2.45) is 5.92 Å². The third kappa shape index (κ3) is 6.78. The molecule has 1 saturated heterocycles. The molecular weight excluding hydrogens is 356 g/mol. The van der Waals surface area contributed by atoms with Crippen LogP contribution in [0.4, 0.5) is 21.9 Å². The Morgan fingerprint density at radius 3 is 2.61 bits per heavy atom. The number of nitrogens with zero attached hydrogens (tertiary/aromatic N) is 2. The fourth-order valence-corrected chi connectivity index (χ4v) is 3.20. The second-order valence-electron chi connectivity index (χ2n) is 8.43. The Balaban J connectivity index is 1.67. The molecule has 1 aliphatic heterocycles. The third-order valence-electron chi connectivity index (χ3n) is 4.92. The normalized spacial score (nSPS) is 15.4. The van der Waals surface area contributed by atoms with E-state index >= 15 is 0 Å². The summed E-state index contributed by atoms with van der Waals surface area (Å²) in [6, 6.07) is 6.15. The minimum Gasteiger partial charge on any atom is -0.444 e. The maximum atomic E-state index is 11.9. The Labute approximate surface area is 169 Å². The van der Waals surface area contributed by atoms with Crippen LogP contribution in [-0.4, -0.2) is 63.5 Å². The molecule has 158 valence electrons. The standard InChI is InChI=1S/C21H36N4O3/c1-21(2,3)28-20(26)24(5)12-13-27-15-16-8-10-25(11-9-16)17-6-7-18(22)19(14-17)23-4/h6-7,14,16,23H,8-13,15,22H2,1-5H3. The lowest BCUT2D eigenvalue weighted by Crippen LogP contribution is -2.37. The van der Waals surface area contributed by atoms with Crippen LogP contribution in [0.1, 0.15) is 33.6 Å². The number of anilines is 3. The van der Waals surface area contributed by atoms with Crippen LogP contribution in [0.25, 0.3) is 0 Å². The van der Waals surface area contributed by atoms with Gasteiger partial charge in [0.25, 0.3) is 0 Å². The van der Waals surface area contributed by atoms with E-state index in [2.05, 4.69) is 22.3 Å². The van der Waals surface area contributed by atoms with E-state index in [1.807, 2.05) is 33.9 Å². The van der Waals surface area contributed by atoms with Gasteiger partial charge in [0.15, 0.2) is 0 Å². The Hall–Kier alpha value is -2.15. The topological polar surface area (TPSA) is 80.1 Å². The van der Waals surface area contributed by atoms with Gasteiger partial charge in [0, 0.05) is 46.0 Å². The van der Waals surface area contributed by atoms with E-state index in [0.717, 1.165) is 43.9 Å². The van der Waals surface area contributed by atoms with Crippen LogP contribution in [-0.2, 0) is 9.47 Å². The molecule has 0 saturated carbocycles. The summed E-state index contributed by atoms with van der Waals surface area (Å²) in [6.07, 6.45) is 1.89. The average molecular weight is 393 g/mol. The number of nitrogens with two attached hydrogens (primary N) is 1. The number of likely N-dealkylation sites (N-methyl/N-ethyl adjacent to an activating group) is 1. The highest BCUT2D eigenvalue weighted by molar-refractivity contribution is 5.72. The van der Waals surface area contributed by atoms with E-state index in [4.69, 9.17) is 15.2 Å². The van der Waals surface area contributed by atoms with Gasteiger partial charge in [-0.3, -0.25) is 0 Å². The van der Waals surface area contributed by atoms with Crippen LogP contribution in [0.5, 0.6) is 0 Å². The molecule has 1 amide bonds. The maximum Gasteiger partial charge on any atom is 0.410 e. The number of benzene rings is 1. The first-order valence-electron chi connectivity index (χ1n) is 10.0. The van der Waals surface area contributed by atoms with Crippen molar-refractivity contribution in [1.82, 2.24) is 4.90 Å². The lowest BCUT2D eigenvalue weighted by atomic mass is 9.97. The Morgan fingerprint density at radius 2 is 2.00 bits per heavy atom. The lowest BCUT2D eigenvalue weighted by molar-refractivity contribution is 0.0203. The first-order valence-corrected chi connectivity index (χ1v) is 10.0. The van der Waals surface area contributed by atoms with Crippen LogP contribution in [0, 0.1) is 5.92 Å². The molecule has 0 aliphatic carbocycles. The number of nitrogen functional groups attached to an aromatic ring is 1. The number of carbonyl (C=O) groups is 1. The third-order valence-corrected chi connectivity index (χ3v) is 4.92. The van der Waals surface area contributed by atoms with Crippen molar-refractivity contribution in [1.29, 1.82) is 0 Å². The molecule has 7 heteroatoms. The fourth-order valence-electron chi connectivity index (χ4n) is 3.20. The number of nitrogens with one attached hydrogen (secondary N) is 1. The van der Waals surface area contributed by atoms with E-state index < -0.39 is 5.60 Å². The summed E-state index contributed by atoms with van der Waals surface area (Å²) in [5, 5.41) is 3.14. The van der Waals surface area contributed by atoms with Gasteiger partial charge in [-0.15, -0.1) is 0 Å². The molecule has 0 atom stereocenters. The molecule has 1 aliphatic rings. The predicted octanol–water partition coefficient (Wildman–Crippen LogP) is 3.41. The summed E-state index contributed by atoms with van der Waals surface area (Å²) < 4.78 is 11.2. The molecule has 2 rings (SSSR count). The van der Waals surface area contributed by atoms with Crippen LogP contribution in [0.3, 0.4) is 0 Å². The first kappa shape index (κ1) is 22.1. The van der Waals surface area contributed by atoms with Crippen molar-refractivity contribution >= 4 is 23.2 Å². The van der Waals surface area contributed by atoms with E-state index in [1.165, 1.54) is 5.69 Å². The van der Waals surface area contributed by atoms with Gasteiger partial charge in [0.05, 0.1) is 18.0 Å². The van der Waals surface area contributed by atoms with E-state index in [1.54, 1.807) is 11.9 Å². The van der Waals surface area contributed by atoms with E-state index in [-0.39, 0.29) is 6.09 Å².